The minimum atomic E-state index is 0.0720. The molecule has 142 valence electrons. The predicted molar refractivity (Wildman–Crippen MR) is 114 cm³/mol. The van der Waals surface area contributed by atoms with Crippen LogP contribution >= 0.6 is 0 Å². The first-order valence-electron chi connectivity index (χ1n) is 9.80. The molecule has 1 aliphatic rings. The second-order valence-corrected chi connectivity index (χ2v) is 8.33. The van der Waals surface area contributed by atoms with E-state index in [0.717, 1.165) is 11.4 Å². The van der Waals surface area contributed by atoms with Crippen LogP contribution in [0.15, 0.2) is 83.9 Å². The first kappa shape index (κ1) is 18.4. The average molecular weight is 370 g/mol. The Morgan fingerprint density at radius 3 is 1.96 bits per heavy atom. The van der Waals surface area contributed by atoms with Gasteiger partial charge in [-0.1, -0.05) is 87.5 Å². The van der Waals surface area contributed by atoms with Gasteiger partial charge in [-0.3, -0.25) is 0 Å². The summed E-state index contributed by atoms with van der Waals surface area (Å²) in [5.41, 5.74) is 4.33. The minimum absolute atomic E-state index is 0.0720. The number of aromatic nitrogens is 1. The fourth-order valence-corrected chi connectivity index (χ4v) is 3.51. The second-order valence-electron chi connectivity index (χ2n) is 8.33. The normalized spacial score (nSPS) is 16.7. The van der Waals surface area contributed by atoms with Gasteiger partial charge in [0.15, 0.2) is 0 Å². The smallest absolute Gasteiger partial charge is 0.235 e. The van der Waals surface area contributed by atoms with E-state index in [0.29, 0.717) is 12.5 Å². The molecular weight excluding hydrogens is 344 g/mol. The fraction of sp³-hybridized carbons (Fsp3) is 0.280. The fourth-order valence-electron chi connectivity index (χ4n) is 3.51. The van der Waals surface area contributed by atoms with Gasteiger partial charge in [0.1, 0.15) is 12.3 Å². The Morgan fingerprint density at radius 2 is 1.43 bits per heavy atom. The molecule has 0 radical (unpaired) electrons. The highest BCUT2D eigenvalue weighted by atomic mass is 16.5. The van der Waals surface area contributed by atoms with E-state index in [1.165, 1.54) is 11.1 Å². The molecule has 0 saturated carbocycles. The van der Waals surface area contributed by atoms with Crippen LogP contribution in [0.5, 0.6) is 0 Å². The zero-order chi connectivity index (χ0) is 19.6. The number of hydrogen-bond donors (Lipinski definition) is 0. The molecule has 3 heteroatoms. The molecule has 1 aromatic heterocycles. The van der Waals surface area contributed by atoms with Crippen molar-refractivity contribution >= 4 is 5.90 Å². The van der Waals surface area contributed by atoms with Gasteiger partial charge < -0.3 is 4.74 Å². The molecule has 3 nitrogen and oxygen atoms in total. The lowest BCUT2D eigenvalue weighted by Gasteiger charge is -2.21. The Kier molecular flexibility index (Phi) is 4.99. The summed E-state index contributed by atoms with van der Waals surface area (Å²) >= 11 is 0. The molecule has 1 atom stereocenters. The molecule has 0 spiro atoms. The summed E-state index contributed by atoms with van der Waals surface area (Å²) in [6.45, 7) is 7.19. The monoisotopic (exact) mass is 370 g/mol. The van der Waals surface area contributed by atoms with Crippen LogP contribution in [0, 0.1) is 5.41 Å². The van der Waals surface area contributed by atoms with Gasteiger partial charge >= 0.3 is 0 Å². The third-order valence-electron chi connectivity index (χ3n) is 5.20. The van der Waals surface area contributed by atoms with Crippen molar-refractivity contribution in [3.8, 4) is 0 Å². The van der Waals surface area contributed by atoms with E-state index in [1.54, 1.807) is 0 Å². The van der Waals surface area contributed by atoms with E-state index in [-0.39, 0.29) is 17.4 Å². The van der Waals surface area contributed by atoms with Crippen LogP contribution in [0.2, 0.25) is 0 Å². The van der Waals surface area contributed by atoms with Crippen molar-refractivity contribution < 1.29 is 4.74 Å². The van der Waals surface area contributed by atoms with Crippen LogP contribution in [0.25, 0.3) is 0 Å². The number of ether oxygens (including phenoxy) is 1. The van der Waals surface area contributed by atoms with Gasteiger partial charge in [0.2, 0.25) is 5.90 Å². The van der Waals surface area contributed by atoms with E-state index in [2.05, 4.69) is 75.4 Å². The summed E-state index contributed by atoms with van der Waals surface area (Å²) in [6.07, 6.45) is 0. The van der Waals surface area contributed by atoms with Gasteiger partial charge in [-0.05, 0) is 28.7 Å². The number of nitrogens with zero attached hydrogens (tertiary/aromatic N) is 2. The summed E-state index contributed by atoms with van der Waals surface area (Å²) in [7, 11) is 0. The molecule has 28 heavy (non-hydrogen) atoms. The van der Waals surface area contributed by atoms with Crippen LogP contribution in [0.3, 0.4) is 0 Å². The molecule has 2 aromatic carbocycles. The van der Waals surface area contributed by atoms with E-state index < -0.39 is 0 Å². The predicted octanol–water partition coefficient (Wildman–Crippen LogP) is 5.45. The van der Waals surface area contributed by atoms with Gasteiger partial charge in [-0.25, -0.2) is 9.98 Å². The van der Waals surface area contributed by atoms with Crippen molar-refractivity contribution in [1.29, 1.82) is 0 Å². The average Bonchev–Trinajstić information content (AvgIpc) is 3.21. The molecule has 2 heterocycles. The van der Waals surface area contributed by atoms with Crippen molar-refractivity contribution in [2.45, 2.75) is 32.7 Å². The van der Waals surface area contributed by atoms with Crippen molar-refractivity contribution in [2.75, 3.05) is 6.61 Å². The maximum Gasteiger partial charge on any atom is 0.235 e. The van der Waals surface area contributed by atoms with Gasteiger partial charge in [0, 0.05) is 0 Å². The molecule has 0 N–H and O–H groups in total. The molecule has 0 bridgehead atoms. The lowest BCUT2D eigenvalue weighted by Crippen LogP contribution is -2.25. The van der Waals surface area contributed by atoms with Gasteiger partial charge in [0.25, 0.3) is 0 Å². The minimum Gasteiger partial charge on any atom is -0.474 e. The highest BCUT2D eigenvalue weighted by Gasteiger charge is 2.31. The quantitative estimate of drug-likeness (QED) is 0.612. The Hall–Kier alpha value is -2.94. The zero-order valence-electron chi connectivity index (χ0n) is 16.7. The third kappa shape index (κ3) is 3.84. The van der Waals surface area contributed by atoms with E-state index in [1.807, 2.05) is 24.3 Å². The zero-order valence-corrected chi connectivity index (χ0v) is 16.7. The van der Waals surface area contributed by atoms with Crippen LogP contribution in [0.1, 0.15) is 49.2 Å². The van der Waals surface area contributed by atoms with Crippen LogP contribution in [-0.4, -0.2) is 23.5 Å². The van der Waals surface area contributed by atoms with Crippen LogP contribution < -0.4 is 0 Å². The molecule has 0 fully saturated rings. The first-order chi connectivity index (χ1) is 13.5. The first-order valence-corrected chi connectivity index (χ1v) is 9.80. The SMILES string of the molecule is CC(C)(C)[C@H]1COC(c2cccc(C(c3ccccc3)c3ccccc3)n2)=N1. The van der Waals surface area contributed by atoms with Crippen molar-refractivity contribution in [2.24, 2.45) is 10.4 Å². The largest absolute Gasteiger partial charge is 0.474 e. The highest BCUT2D eigenvalue weighted by molar-refractivity contribution is 5.93. The maximum absolute atomic E-state index is 5.91. The van der Waals surface area contributed by atoms with Gasteiger partial charge in [-0.2, -0.15) is 0 Å². The molecule has 0 saturated heterocycles. The highest BCUT2D eigenvalue weighted by Crippen LogP contribution is 2.31. The summed E-state index contributed by atoms with van der Waals surface area (Å²) in [5.74, 6) is 0.726. The number of aliphatic imine (C=N–C) groups is 1. The van der Waals surface area contributed by atoms with Gasteiger partial charge in [0.05, 0.1) is 17.7 Å². The van der Waals surface area contributed by atoms with Crippen LogP contribution in [0.4, 0.5) is 0 Å². The number of pyridine rings is 1. The Morgan fingerprint density at radius 1 is 0.821 bits per heavy atom. The lowest BCUT2D eigenvalue weighted by molar-refractivity contribution is 0.235. The van der Waals surface area contributed by atoms with Crippen molar-refractivity contribution in [1.82, 2.24) is 4.98 Å². The summed E-state index contributed by atoms with van der Waals surface area (Å²) < 4.78 is 5.91. The summed E-state index contributed by atoms with van der Waals surface area (Å²) in [6, 6.07) is 27.3. The second kappa shape index (κ2) is 7.59. The van der Waals surface area contributed by atoms with E-state index in [9.17, 15) is 0 Å². The standard InChI is InChI=1S/C25H26N2O/c1-25(2,3)22-17-28-24(27-22)21-16-10-15-20(26-21)23(18-11-6-4-7-12-18)19-13-8-5-9-14-19/h4-16,22-23H,17H2,1-3H3/t22-/m1/s1. The Bertz CT molecular complexity index is 919. The molecule has 4 rings (SSSR count). The molecular formula is C25H26N2O. The van der Waals surface area contributed by atoms with E-state index >= 15 is 0 Å². The number of benzene rings is 2. The topological polar surface area (TPSA) is 34.5 Å². The van der Waals surface area contributed by atoms with Gasteiger partial charge in [-0.15, -0.1) is 0 Å². The molecule has 0 amide bonds. The maximum atomic E-state index is 5.91. The van der Waals surface area contributed by atoms with Crippen molar-refractivity contribution in [3.05, 3.63) is 101 Å². The van der Waals surface area contributed by atoms with Crippen molar-refractivity contribution in [3.63, 3.8) is 0 Å². The lowest BCUT2D eigenvalue weighted by atomic mass is 9.88. The molecule has 0 unspecified atom stereocenters. The third-order valence-corrected chi connectivity index (χ3v) is 5.20. The molecule has 1 aliphatic heterocycles. The summed E-state index contributed by atoms with van der Waals surface area (Å²) in [5, 5.41) is 0. The summed E-state index contributed by atoms with van der Waals surface area (Å²) in [4.78, 5) is 9.78. The van der Waals surface area contributed by atoms with E-state index in [4.69, 9.17) is 14.7 Å². The van der Waals surface area contributed by atoms with Crippen LogP contribution in [-0.2, 0) is 4.74 Å². The number of hydrogen-bond acceptors (Lipinski definition) is 3. The Balaban J connectivity index is 1.74. The molecule has 0 aliphatic carbocycles. The Labute approximate surface area is 167 Å². The number of rotatable bonds is 4. The molecule has 3 aromatic rings.